The van der Waals surface area contributed by atoms with Gasteiger partial charge in [0, 0.05) is 0 Å². The Morgan fingerprint density at radius 1 is 0.594 bits per heavy atom. The minimum Gasteiger partial charge on any atom is -0.454 e. The zero-order valence-corrected chi connectivity index (χ0v) is 16.8. The van der Waals surface area contributed by atoms with E-state index >= 15 is 0 Å². The van der Waals surface area contributed by atoms with E-state index in [9.17, 15) is 19.2 Å². The molecule has 0 aliphatic carbocycles. The topological polar surface area (TPSA) is 124 Å². The van der Waals surface area contributed by atoms with Gasteiger partial charge in [0.1, 0.15) is 24.8 Å². The smallest absolute Gasteiger partial charge is 0.397 e. The van der Waals surface area contributed by atoms with Crippen LogP contribution in [0.2, 0.25) is 0 Å². The number of aromatic nitrogens is 1. The normalized spacial score (nSPS) is 10.0. The third-order valence-corrected chi connectivity index (χ3v) is 4.03. The molecule has 1 aromatic heterocycles. The van der Waals surface area contributed by atoms with Crippen molar-refractivity contribution in [3.8, 4) is 0 Å². The first-order valence-corrected chi connectivity index (χ1v) is 9.52. The summed E-state index contributed by atoms with van der Waals surface area (Å²) in [6.07, 6.45) is 0. The van der Waals surface area contributed by atoms with Crippen molar-refractivity contribution in [3.63, 3.8) is 0 Å². The number of nitrogens with zero attached hydrogens (tertiary/aromatic N) is 1. The molecule has 3 rings (SSSR count). The molecule has 1 heterocycles. The van der Waals surface area contributed by atoms with Gasteiger partial charge >= 0.3 is 23.8 Å². The van der Waals surface area contributed by atoms with E-state index in [1.807, 2.05) is 12.1 Å². The fourth-order valence-electron chi connectivity index (χ4n) is 2.49. The van der Waals surface area contributed by atoms with Crippen LogP contribution in [0.3, 0.4) is 0 Å². The highest BCUT2D eigenvalue weighted by molar-refractivity contribution is 6.37. The molecule has 2 N–H and O–H groups in total. The highest BCUT2D eigenvalue weighted by atomic mass is 16.5. The molecule has 0 saturated heterocycles. The van der Waals surface area contributed by atoms with Crippen molar-refractivity contribution in [1.82, 2.24) is 4.98 Å². The minimum absolute atomic E-state index is 0.0119. The Balaban J connectivity index is 1.49. The Bertz CT molecular complexity index is 1020. The average Bonchev–Trinajstić information content (AvgIpc) is 2.82. The van der Waals surface area contributed by atoms with Gasteiger partial charge < -0.3 is 20.1 Å². The molecular formula is C23H19N3O6. The van der Waals surface area contributed by atoms with Crippen LogP contribution in [0, 0.1) is 0 Å². The van der Waals surface area contributed by atoms with Crippen LogP contribution in [0.5, 0.6) is 0 Å². The van der Waals surface area contributed by atoms with Crippen LogP contribution in [-0.4, -0.2) is 28.7 Å². The van der Waals surface area contributed by atoms with Crippen LogP contribution in [0.4, 0.5) is 11.6 Å². The molecule has 162 valence electrons. The summed E-state index contributed by atoms with van der Waals surface area (Å²) >= 11 is 0. The zero-order chi connectivity index (χ0) is 22.8. The third kappa shape index (κ3) is 6.77. The van der Waals surface area contributed by atoms with Crippen LogP contribution in [0.25, 0.3) is 0 Å². The zero-order valence-electron chi connectivity index (χ0n) is 16.8. The second-order valence-electron chi connectivity index (χ2n) is 6.44. The van der Waals surface area contributed by atoms with E-state index in [-0.39, 0.29) is 24.8 Å². The van der Waals surface area contributed by atoms with Crippen LogP contribution in [-0.2, 0) is 41.9 Å². The van der Waals surface area contributed by atoms with Crippen molar-refractivity contribution >= 4 is 35.4 Å². The number of esters is 2. The number of amides is 2. The van der Waals surface area contributed by atoms with E-state index in [1.54, 1.807) is 48.5 Å². The van der Waals surface area contributed by atoms with Crippen molar-refractivity contribution in [3.05, 3.63) is 90.0 Å². The van der Waals surface area contributed by atoms with E-state index in [0.29, 0.717) is 0 Å². The lowest BCUT2D eigenvalue weighted by Crippen LogP contribution is -2.27. The number of hydrogen-bond acceptors (Lipinski definition) is 7. The Morgan fingerprint density at radius 3 is 1.41 bits per heavy atom. The van der Waals surface area contributed by atoms with E-state index in [4.69, 9.17) is 9.47 Å². The highest BCUT2D eigenvalue weighted by Gasteiger charge is 2.18. The van der Waals surface area contributed by atoms with E-state index in [0.717, 1.165) is 11.1 Å². The Kier molecular flexibility index (Phi) is 7.63. The molecule has 9 heteroatoms. The second kappa shape index (κ2) is 11.0. The van der Waals surface area contributed by atoms with Crippen molar-refractivity contribution in [1.29, 1.82) is 0 Å². The predicted molar refractivity (Wildman–Crippen MR) is 114 cm³/mol. The molecule has 0 aliphatic heterocycles. The number of carbonyl (C=O) groups is 4. The standard InChI is InChI=1S/C23H19N3O6/c27-20(22(29)31-14-16-8-3-1-4-9-16)25-18-12-7-13-19(24-18)26-21(28)23(30)32-15-17-10-5-2-6-11-17/h1-13H,14-15H2,(H2,24,25,26,27,28). The monoisotopic (exact) mass is 433 g/mol. The number of rotatable bonds is 6. The first kappa shape index (κ1) is 22.2. The Morgan fingerprint density at radius 2 is 1.00 bits per heavy atom. The maximum Gasteiger partial charge on any atom is 0.397 e. The summed E-state index contributed by atoms with van der Waals surface area (Å²) in [6.45, 7) is -0.108. The molecule has 0 saturated carbocycles. The SMILES string of the molecule is O=C(Nc1cccc(NC(=O)C(=O)OCc2ccccc2)n1)C(=O)OCc1ccccc1. The number of hydrogen-bond donors (Lipinski definition) is 2. The summed E-state index contributed by atoms with van der Waals surface area (Å²) in [6, 6.07) is 22.1. The molecule has 0 fully saturated rings. The fourth-order valence-corrected chi connectivity index (χ4v) is 2.49. The average molecular weight is 433 g/mol. The highest BCUT2D eigenvalue weighted by Crippen LogP contribution is 2.10. The van der Waals surface area contributed by atoms with Crippen LogP contribution >= 0.6 is 0 Å². The van der Waals surface area contributed by atoms with Crippen LogP contribution in [0.15, 0.2) is 78.9 Å². The first-order valence-electron chi connectivity index (χ1n) is 9.52. The summed E-state index contributed by atoms with van der Waals surface area (Å²) < 4.78 is 9.88. The third-order valence-electron chi connectivity index (χ3n) is 4.03. The summed E-state index contributed by atoms with van der Waals surface area (Å²) in [5.41, 5.74) is 1.46. The number of ether oxygens (including phenoxy) is 2. The number of benzene rings is 2. The van der Waals surface area contributed by atoms with Gasteiger partial charge in [-0.3, -0.25) is 9.59 Å². The molecular weight excluding hydrogens is 414 g/mol. The molecule has 0 spiro atoms. The van der Waals surface area contributed by atoms with Gasteiger partial charge in [-0.15, -0.1) is 0 Å². The lowest BCUT2D eigenvalue weighted by molar-refractivity contribution is -0.153. The first-order chi connectivity index (χ1) is 15.5. The molecule has 0 aliphatic rings. The van der Waals surface area contributed by atoms with E-state index in [2.05, 4.69) is 15.6 Å². The maximum atomic E-state index is 12.0. The molecule has 0 unspecified atom stereocenters. The van der Waals surface area contributed by atoms with Gasteiger partial charge in [0.15, 0.2) is 0 Å². The van der Waals surface area contributed by atoms with E-state index in [1.165, 1.54) is 18.2 Å². The summed E-state index contributed by atoms with van der Waals surface area (Å²) in [4.78, 5) is 51.7. The molecule has 0 bridgehead atoms. The predicted octanol–water partition coefficient (Wildman–Crippen LogP) is 2.45. The number of pyridine rings is 1. The molecule has 9 nitrogen and oxygen atoms in total. The fraction of sp³-hybridized carbons (Fsp3) is 0.0870. The molecule has 0 radical (unpaired) electrons. The molecule has 0 atom stereocenters. The number of anilines is 2. The van der Waals surface area contributed by atoms with Crippen LogP contribution < -0.4 is 10.6 Å². The van der Waals surface area contributed by atoms with E-state index < -0.39 is 23.8 Å². The van der Waals surface area contributed by atoms with Crippen LogP contribution in [0.1, 0.15) is 11.1 Å². The quantitative estimate of drug-likeness (QED) is 0.452. The van der Waals surface area contributed by atoms with Crippen molar-refractivity contribution in [2.45, 2.75) is 13.2 Å². The number of nitrogens with one attached hydrogen (secondary N) is 2. The van der Waals surface area contributed by atoms with Gasteiger partial charge in [-0.1, -0.05) is 66.7 Å². The van der Waals surface area contributed by atoms with Crippen molar-refractivity contribution in [2.24, 2.45) is 0 Å². The van der Waals surface area contributed by atoms with Gasteiger partial charge in [0.25, 0.3) is 0 Å². The van der Waals surface area contributed by atoms with Crippen molar-refractivity contribution < 1.29 is 28.7 Å². The van der Waals surface area contributed by atoms with Gasteiger partial charge in [-0.25, -0.2) is 14.6 Å². The summed E-state index contributed by atoms with van der Waals surface area (Å²) in [7, 11) is 0. The summed E-state index contributed by atoms with van der Waals surface area (Å²) in [5, 5.41) is 4.55. The van der Waals surface area contributed by atoms with Gasteiger partial charge in [0.05, 0.1) is 0 Å². The van der Waals surface area contributed by atoms with Gasteiger partial charge in [0.2, 0.25) is 0 Å². The molecule has 3 aromatic rings. The Labute approximate surface area is 183 Å². The van der Waals surface area contributed by atoms with Gasteiger partial charge in [-0.05, 0) is 23.3 Å². The lowest BCUT2D eigenvalue weighted by Gasteiger charge is -2.08. The second-order valence-corrected chi connectivity index (χ2v) is 6.44. The van der Waals surface area contributed by atoms with Gasteiger partial charge in [-0.2, -0.15) is 0 Å². The maximum absolute atomic E-state index is 12.0. The van der Waals surface area contributed by atoms with Crippen molar-refractivity contribution in [2.75, 3.05) is 10.6 Å². The molecule has 2 amide bonds. The lowest BCUT2D eigenvalue weighted by atomic mass is 10.2. The largest absolute Gasteiger partial charge is 0.454 e. The molecule has 2 aromatic carbocycles. The minimum atomic E-state index is -1.09. The number of carbonyl (C=O) groups excluding carboxylic acids is 4. The summed E-state index contributed by atoms with van der Waals surface area (Å²) in [5.74, 6) is -4.26. The molecule has 32 heavy (non-hydrogen) atoms. The Hall–Kier alpha value is -4.53.